The van der Waals surface area contributed by atoms with Gasteiger partial charge in [-0.3, -0.25) is 0 Å². The van der Waals surface area contributed by atoms with E-state index in [2.05, 4.69) is 0 Å². The average molecular weight is 482 g/mol. The Morgan fingerprint density at radius 2 is 1.54 bits per heavy atom. The van der Waals surface area contributed by atoms with Crippen LogP contribution in [0.25, 0.3) is 6.08 Å². The van der Waals surface area contributed by atoms with Crippen LogP contribution in [0, 0.1) is 11.3 Å². The van der Waals surface area contributed by atoms with E-state index in [1.165, 1.54) is 24.3 Å². The van der Waals surface area contributed by atoms with Crippen LogP contribution in [-0.4, -0.2) is 31.5 Å². The van der Waals surface area contributed by atoms with Crippen LogP contribution in [0.2, 0.25) is 0 Å². The molecule has 0 N–H and O–H groups in total. The second-order valence-corrected chi connectivity index (χ2v) is 7.04. The van der Waals surface area contributed by atoms with Gasteiger partial charge in [0.15, 0.2) is 11.5 Å². The summed E-state index contributed by atoms with van der Waals surface area (Å²) in [4.78, 5) is 36.3. The van der Waals surface area contributed by atoms with Crippen molar-refractivity contribution in [2.24, 2.45) is 0 Å². The van der Waals surface area contributed by atoms with E-state index in [9.17, 15) is 19.6 Å². The predicted octanol–water partition coefficient (Wildman–Crippen LogP) is 5.75. The van der Waals surface area contributed by atoms with Crippen molar-refractivity contribution < 1.29 is 38.1 Å². The summed E-state index contributed by atoms with van der Waals surface area (Å²) in [5.41, 5.74) is 0.884. The highest BCUT2D eigenvalue weighted by molar-refractivity contribution is 5.98. The van der Waals surface area contributed by atoms with E-state index in [0.29, 0.717) is 12.0 Å². The van der Waals surface area contributed by atoms with Gasteiger partial charge in [-0.05, 0) is 49.6 Å². The zero-order chi connectivity index (χ0) is 25.6. The van der Waals surface area contributed by atoms with E-state index in [1.807, 2.05) is 43.3 Å². The van der Waals surface area contributed by atoms with Crippen molar-refractivity contribution in [2.45, 2.75) is 39.7 Å². The fourth-order valence-electron chi connectivity index (χ4n) is 2.97. The number of nitriles is 1. The maximum atomic E-state index is 12.8. The lowest BCUT2D eigenvalue weighted by Crippen LogP contribution is -2.14. The van der Waals surface area contributed by atoms with Gasteiger partial charge in [0.25, 0.3) is 0 Å². The zero-order valence-corrected chi connectivity index (χ0v) is 19.8. The lowest BCUT2D eigenvalue weighted by atomic mass is 10.0. The molecule has 0 bridgehead atoms. The SMILES string of the molecule is CCC[C@@H](OC(=O)/C(C#N)=C/c1ccc(OC(=O)OCC)c(OC(=O)OCC)c1)c1ccccc1. The molecule has 9 heteroatoms. The molecule has 2 rings (SSSR count). The van der Waals surface area contributed by atoms with Gasteiger partial charge in [0.1, 0.15) is 17.7 Å². The largest absolute Gasteiger partial charge is 0.513 e. The quantitative estimate of drug-likeness (QED) is 0.137. The van der Waals surface area contributed by atoms with E-state index in [0.717, 1.165) is 12.0 Å². The minimum Gasteiger partial charge on any atom is -0.453 e. The molecule has 1 atom stereocenters. The van der Waals surface area contributed by atoms with Crippen molar-refractivity contribution in [2.75, 3.05) is 13.2 Å². The van der Waals surface area contributed by atoms with Crippen LogP contribution in [0.1, 0.15) is 50.8 Å². The number of benzene rings is 2. The smallest absolute Gasteiger partial charge is 0.453 e. The number of ether oxygens (including phenoxy) is 5. The van der Waals surface area contributed by atoms with Gasteiger partial charge in [0.2, 0.25) is 0 Å². The molecule has 0 aromatic heterocycles. The van der Waals surface area contributed by atoms with E-state index < -0.39 is 24.4 Å². The Balaban J connectivity index is 2.32. The first kappa shape index (κ1) is 26.9. The maximum absolute atomic E-state index is 12.8. The standard InChI is InChI=1S/C26H27NO8/c1-4-10-21(19-11-8-7-9-12-19)33-24(28)20(17-27)15-18-13-14-22(34-25(29)31-5-2)23(16-18)35-26(30)32-6-3/h7-9,11-16,21H,4-6,10H2,1-3H3/b20-15+/t21-/m1/s1. The normalized spacial score (nSPS) is 11.5. The predicted molar refractivity (Wildman–Crippen MR) is 126 cm³/mol. The highest BCUT2D eigenvalue weighted by atomic mass is 16.7. The van der Waals surface area contributed by atoms with Gasteiger partial charge < -0.3 is 23.7 Å². The number of esters is 1. The summed E-state index contributed by atoms with van der Waals surface area (Å²) in [6, 6.07) is 15.2. The minimum absolute atomic E-state index is 0.0667. The lowest BCUT2D eigenvalue weighted by molar-refractivity contribution is -0.144. The molecule has 35 heavy (non-hydrogen) atoms. The summed E-state index contributed by atoms with van der Waals surface area (Å²) < 4.78 is 25.3. The number of rotatable bonds is 10. The topological polar surface area (TPSA) is 121 Å². The molecule has 0 radical (unpaired) electrons. The van der Waals surface area contributed by atoms with Crippen LogP contribution in [0.4, 0.5) is 9.59 Å². The van der Waals surface area contributed by atoms with Crippen molar-refractivity contribution in [3.63, 3.8) is 0 Å². The molecule has 0 fully saturated rings. The van der Waals surface area contributed by atoms with E-state index in [-0.39, 0.29) is 30.3 Å². The molecular formula is C26H27NO8. The number of nitrogens with zero attached hydrogens (tertiary/aromatic N) is 1. The van der Waals surface area contributed by atoms with Gasteiger partial charge in [0.05, 0.1) is 13.2 Å². The summed E-state index contributed by atoms with van der Waals surface area (Å²) in [6.45, 7) is 5.33. The maximum Gasteiger partial charge on any atom is 0.513 e. The van der Waals surface area contributed by atoms with Crippen molar-refractivity contribution in [1.29, 1.82) is 5.26 Å². The Kier molecular flexibility index (Phi) is 10.8. The van der Waals surface area contributed by atoms with Crippen LogP contribution in [0.3, 0.4) is 0 Å². The molecule has 0 aliphatic heterocycles. The molecule has 0 saturated heterocycles. The number of carbonyl (C=O) groups is 3. The molecule has 0 aliphatic rings. The van der Waals surface area contributed by atoms with Gasteiger partial charge in [-0.1, -0.05) is 49.7 Å². The van der Waals surface area contributed by atoms with Gasteiger partial charge >= 0.3 is 18.3 Å². The summed E-state index contributed by atoms with van der Waals surface area (Å²) in [5.74, 6) is -1.07. The van der Waals surface area contributed by atoms with Gasteiger partial charge in [-0.15, -0.1) is 0 Å². The Morgan fingerprint density at radius 1 is 0.914 bits per heavy atom. The first-order valence-corrected chi connectivity index (χ1v) is 11.1. The Hall–Kier alpha value is -4.32. The summed E-state index contributed by atoms with van der Waals surface area (Å²) in [7, 11) is 0. The molecule has 9 nitrogen and oxygen atoms in total. The van der Waals surface area contributed by atoms with Gasteiger partial charge in [-0.25, -0.2) is 14.4 Å². The van der Waals surface area contributed by atoms with Crippen molar-refractivity contribution in [3.8, 4) is 17.6 Å². The minimum atomic E-state index is -1.02. The Morgan fingerprint density at radius 3 is 2.11 bits per heavy atom. The monoisotopic (exact) mass is 481 g/mol. The third kappa shape index (κ3) is 8.51. The fourth-order valence-corrected chi connectivity index (χ4v) is 2.97. The van der Waals surface area contributed by atoms with Crippen LogP contribution < -0.4 is 9.47 Å². The number of carbonyl (C=O) groups excluding carboxylic acids is 3. The van der Waals surface area contributed by atoms with Crippen molar-refractivity contribution in [1.82, 2.24) is 0 Å². The van der Waals surface area contributed by atoms with Gasteiger partial charge in [0, 0.05) is 0 Å². The molecule has 0 saturated carbocycles. The van der Waals surface area contributed by atoms with E-state index >= 15 is 0 Å². The number of hydrogen-bond donors (Lipinski definition) is 0. The number of hydrogen-bond acceptors (Lipinski definition) is 9. The van der Waals surface area contributed by atoms with E-state index in [4.69, 9.17) is 23.7 Å². The van der Waals surface area contributed by atoms with Crippen molar-refractivity contribution >= 4 is 24.4 Å². The molecule has 0 heterocycles. The first-order chi connectivity index (χ1) is 16.9. The molecule has 184 valence electrons. The zero-order valence-electron chi connectivity index (χ0n) is 19.8. The summed E-state index contributed by atoms with van der Waals surface area (Å²) in [5, 5.41) is 9.58. The van der Waals surface area contributed by atoms with Crippen molar-refractivity contribution in [3.05, 3.63) is 65.2 Å². The molecular weight excluding hydrogens is 454 g/mol. The van der Waals surface area contributed by atoms with Gasteiger partial charge in [-0.2, -0.15) is 5.26 Å². The van der Waals surface area contributed by atoms with Crippen LogP contribution in [-0.2, 0) is 19.0 Å². The Labute approximate surface area is 203 Å². The van der Waals surface area contributed by atoms with E-state index in [1.54, 1.807) is 13.8 Å². The molecule has 0 amide bonds. The molecule has 2 aromatic rings. The third-order valence-electron chi connectivity index (χ3n) is 4.50. The highest BCUT2D eigenvalue weighted by Gasteiger charge is 2.20. The second kappa shape index (κ2) is 14.1. The Bertz CT molecular complexity index is 1090. The molecule has 2 aromatic carbocycles. The third-order valence-corrected chi connectivity index (χ3v) is 4.50. The first-order valence-electron chi connectivity index (χ1n) is 11.1. The van der Waals surface area contributed by atoms with Crippen LogP contribution in [0.15, 0.2) is 54.1 Å². The average Bonchev–Trinajstić information content (AvgIpc) is 2.84. The summed E-state index contributed by atoms with van der Waals surface area (Å²) >= 11 is 0. The second-order valence-electron chi connectivity index (χ2n) is 7.04. The summed E-state index contributed by atoms with van der Waals surface area (Å²) in [6.07, 6.45) is 0.123. The highest BCUT2D eigenvalue weighted by Crippen LogP contribution is 2.31. The molecule has 0 spiro atoms. The molecule has 0 aliphatic carbocycles. The fraction of sp³-hybridized carbons (Fsp3) is 0.308. The lowest BCUT2D eigenvalue weighted by Gasteiger charge is -2.17. The van der Waals surface area contributed by atoms with Crippen LogP contribution in [0.5, 0.6) is 11.5 Å². The molecule has 0 unspecified atom stereocenters. The van der Waals surface area contributed by atoms with Crippen LogP contribution >= 0.6 is 0 Å².